The molecule has 1 aromatic heterocycles. The van der Waals surface area contributed by atoms with Crippen LogP contribution in [0.15, 0.2) is 72.8 Å². The number of anilines is 1. The number of carbonyl (C=O) groups is 1. The summed E-state index contributed by atoms with van der Waals surface area (Å²) in [6, 6.07) is 24.0. The van der Waals surface area contributed by atoms with Gasteiger partial charge in [0.15, 0.2) is 0 Å². The fourth-order valence-corrected chi connectivity index (χ4v) is 3.85. The van der Waals surface area contributed by atoms with Crippen molar-refractivity contribution in [1.29, 1.82) is 0 Å². The summed E-state index contributed by atoms with van der Waals surface area (Å²) in [7, 11) is 0. The van der Waals surface area contributed by atoms with E-state index in [1.807, 2.05) is 80.6 Å². The van der Waals surface area contributed by atoms with Crippen LogP contribution in [0.2, 0.25) is 0 Å². The van der Waals surface area contributed by atoms with Crippen LogP contribution in [0.1, 0.15) is 34.0 Å². The Hall–Kier alpha value is -3.46. The minimum absolute atomic E-state index is 0.0951. The van der Waals surface area contributed by atoms with Crippen LogP contribution in [-0.4, -0.2) is 10.9 Å². The number of aromatic nitrogens is 1. The Balaban J connectivity index is 1.89. The molecule has 0 spiro atoms. The maximum absolute atomic E-state index is 13.5. The summed E-state index contributed by atoms with van der Waals surface area (Å²) in [4.78, 5) is 18.4. The minimum atomic E-state index is -0.0951. The van der Waals surface area contributed by atoms with E-state index in [4.69, 9.17) is 4.98 Å². The first-order chi connectivity index (χ1) is 14.1. The van der Waals surface area contributed by atoms with Crippen LogP contribution in [0.3, 0.4) is 0 Å². The molecule has 3 nitrogen and oxygen atoms in total. The van der Waals surface area contributed by atoms with E-state index in [-0.39, 0.29) is 5.91 Å². The van der Waals surface area contributed by atoms with Gasteiger partial charge in [-0.25, -0.2) is 4.98 Å². The molecule has 3 heteroatoms. The van der Waals surface area contributed by atoms with Gasteiger partial charge < -0.3 is 5.32 Å². The van der Waals surface area contributed by atoms with Crippen LogP contribution in [0, 0.1) is 13.8 Å². The monoisotopic (exact) mass is 380 g/mol. The zero-order valence-corrected chi connectivity index (χ0v) is 17.0. The van der Waals surface area contributed by atoms with E-state index in [1.165, 1.54) is 0 Å². The van der Waals surface area contributed by atoms with Gasteiger partial charge in [-0.3, -0.25) is 4.79 Å². The number of nitrogens with zero attached hydrogens (tertiary/aromatic N) is 1. The molecule has 29 heavy (non-hydrogen) atoms. The molecule has 3 aromatic carbocycles. The van der Waals surface area contributed by atoms with Gasteiger partial charge in [-0.15, -0.1) is 0 Å². The van der Waals surface area contributed by atoms with Gasteiger partial charge in [-0.2, -0.15) is 0 Å². The fraction of sp³-hybridized carbons (Fsp3) is 0.154. The van der Waals surface area contributed by atoms with E-state index >= 15 is 0 Å². The van der Waals surface area contributed by atoms with Gasteiger partial charge in [0.05, 0.1) is 16.8 Å². The van der Waals surface area contributed by atoms with Crippen molar-refractivity contribution in [2.24, 2.45) is 0 Å². The molecular weight excluding hydrogens is 356 g/mol. The minimum Gasteiger partial charge on any atom is -0.321 e. The molecule has 0 fully saturated rings. The Morgan fingerprint density at radius 3 is 2.38 bits per heavy atom. The molecule has 0 radical (unpaired) electrons. The first-order valence-corrected chi connectivity index (χ1v) is 9.94. The van der Waals surface area contributed by atoms with Crippen LogP contribution < -0.4 is 5.32 Å². The van der Waals surface area contributed by atoms with Crippen molar-refractivity contribution in [1.82, 2.24) is 4.98 Å². The van der Waals surface area contributed by atoms with Crippen LogP contribution in [0.4, 0.5) is 5.69 Å². The second-order valence-corrected chi connectivity index (χ2v) is 7.26. The Morgan fingerprint density at radius 1 is 0.897 bits per heavy atom. The van der Waals surface area contributed by atoms with E-state index in [9.17, 15) is 4.79 Å². The standard InChI is InChI=1S/C26H24N2O/c1-4-19-14-10-11-17(2)24(19)28-26(29)23-18(3)25(20-12-6-5-7-13-20)27-22-16-9-8-15-21(22)23/h5-16H,4H2,1-3H3,(H,28,29). The summed E-state index contributed by atoms with van der Waals surface area (Å²) in [5.41, 5.74) is 7.35. The summed E-state index contributed by atoms with van der Waals surface area (Å²) in [5, 5.41) is 4.06. The number of aryl methyl sites for hydroxylation is 2. The number of nitrogens with one attached hydrogen (secondary N) is 1. The van der Waals surface area contributed by atoms with E-state index in [1.54, 1.807) is 0 Å². The lowest BCUT2D eigenvalue weighted by molar-refractivity contribution is 0.102. The number of fused-ring (bicyclic) bond motifs is 1. The molecule has 144 valence electrons. The molecule has 1 N–H and O–H groups in total. The molecule has 4 aromatic rings. The Labute approximate surface area is 171 Å². The van der Waals surface area contributed by atoms with Gasteiger partial charge in [0.25, 0.3) is 5.91 Å². The zero-order valence-electron chi connectivity index (χ0n) is 17.0. The molecule has 1 amide bonds. The largest absolute Gasteiger partial charge is 0.321 e. The fourth-order valence-electron chi connectivity index (χ4n) is 3.85. The third-order valence-corrected chi connectivity index (χ3v) is 5.39. The average Bonchev–Trinajstić information content (AvgIpc) is 2.75. The Morgan fingerprint density at radius 2 is 1.62 bits per heavy atom. The quantitative estimate of drug-likeness (QED) is 0.449. The molecule has 0 aliphatic heterocycles. The van der Waals surface area contributed by atoms with Crippen molar-refractivity contribution in [3.8, 4) is 11.3 Å². The average molecular weight is 380 g/mol. The molecule has 1 heterocycles. The van der Waals surface area contributed by atoms with Crippen molar-refractivity contribution in [3.63, 3.8) is 0 Å². The molecule has 0 saturated heterocycles. The molecule has 0 atom stereocenters. The summed E-state index contributed by atoms with van der Waals surface area (Å²) >= 11 is 0. The van der Waals surface area contributed by atoms with E-state index in [0.717, 1.165) is 51.0 Å². The van der Waals surface area contributed by atoms with Crippen molar-refractivity contribution < 1.29 is 4.79 Å². The lowest BCUT2D eigenvalue weighted by Crippen LogP contribution is -2.17. The van der Waals surface area contributed by atoms with Crippen LogP contribution in [0.5, 0.6) is 0 Å². The first kappa shape index (κ1) is 18.9. The van der Waals surface area contributed by atoms with E-state index in [2.05, 4.69) is 18.3 Å². The van der Waals surface area contributed by atoms with Gasteiger partial charge in [-0.05, 0) is 43.0 Å². The molecule has 0 aliphatic carbocycles. The van der Waals surface area contributed by atoms with Crippen LogP contribution in [-0.2, 0) is 6.42 Å². The second-order valence-electron chi connectivity index (χ2n) is 7.26. The number of carbonyl (C=O) groups excluding carboxylic acids is 1. The van der Waals surface area contributed by atoms with Crippen molar-refractivity contribution >= 4 is 22.5 Å². The summed E-state index contributed by atoms with van der Waals surface area (Å²) in [6.45, 7) is 6.11. The van der Waals surface area contributed by atoms with Crippen molar-refractivity contribution in [2.75, 3.05) is 5.32 Å². The number of pyridine rings is 1. The van der Waals surface area contributed by atoms with Crippen molar-refractivity contribution in [3.05, 3.63) is 95.1 Å². The van der Waals surface area contributed by atoms with Crippen molar-refractivity contribution in [2.45, 2.75) is 27.2 Å². The zero-order chi connectivity index (χ0) is 20.4. The highest BCUT2D eigenvalue weighted by Crippen LogP contribution is 2.31. The Kier molecular flexibility index (Phi) is 5.13. The third kappa shape index (κ3) is 3.52. The lowest BCUT2D eigenvalue weighted by atomic mass is 9.96. The number of hydrogen-bond acceptors (Lipinski definition) is 2. The topological polar surface area (TPSA) is 42.0 Å². The maximum atomic E-state index is 13.5. The van der Waals surface area contributed by atoms with Gasteiger partial charge in [0.2, 0.25) is 0 Å². The molecule has 4 rings (SSSR count). The summed E-state index contributed by atoms with van der Waals surface area (Å²) in [6.07, 6.45) is 0.864. The number of hydrogen-bond donors (Lipinski definition) is 1. The maximum Gasteiger partial charge on any atom is 0.256 e. The van der Waals surface area contributed by atoms with Crippen LogP contribution in [0.25, 0.3) is 22.2 Å². The Bertz CT molecular complexity index is 1200. The predicted octanol–water partition coefficient (Wildman–Crippen LogP) is 6.33. The van der Waals surface area contributed by atoms with Gasteiger partial charge in [0, 0.05) is 16.6 Å². The predicted molar refractivity (Wildman–Crippen MR) is 120 cm³/mol. The van der Waals surface area contributed by atoms with Gasteiger partial charge in [0.1, 0.15) is 0 Å². The molecule has 0 bridgehead atoms. The van der Waals surface area contributed by atoms with E-state index in [0.29, 0.717) is 5.56 Å². The number of amides is 1. The molecule has 0 aliphatic rings. The summed E-state index contributed by atoms with van der Waals surface area (Å²) < 4.78 is 0. The molecule has 0 saturated carbocycles. The number of para-hydroxylation sites is 2. The summed E-state index contributed by atoms with van der Waals surface area (Å²) in [5.74, 6) is -0.0951. The lowest BCUT2D eigenvalue weighted by Gasteiger charge is -2.17. The molecule has 0 unspecified atom stereocenters. The highest BCUT2D eigenvalue weighted by Gasteiger charge is 2.20. The van der Waals surface area contributed by atoms with E-state index < -0.39 is 0 Å². The SMILES string of the molecule is CCc1cccc(C)c1NC(=O)c1c(C)c(-c2ccccc2)nc2ccccc12. The molecular formula is C26H24N2O. The number of rotatable bonds is 4. The van der Waals surface area contributed by atoms with Gasteiger partial charge >= 0.3 is 0 Å². The highest BCUT2D eigenvalue weighted by atomic mass is 16.1. The third-order valence-electron chi connectivity index (χ3n) is 5.39. The van der Waals surface area contributed by atoms with Crippen LogP contribution >= 0.6 is 0 Å². The number of benzene rings is 3. The smallest absolute Gasteiger partial charge is 0.256 e. The van der Waals surface area contributed by atoms with Gasteiger partial charge in [-0.1, -0.05) is 73.7 Å². The second kappa shape index (κ2) is 7.88. The first-order valence-electron chi connectivity index (χ1n) is 9.94. The highest BCUT2D eigenvalue weighted by molar-refractivity contribution is 6.14. The normalized spacial score (nSPS) is 10.9.